The summed E-state index contributed by atoms with van der Waals surface area (Å²) in [6.45, 7) is 6.24. The summed E-state index contributed by atoms with van der Waals surface area (Å²) in [6, 6.07) is 7.15. The summed E-state index contributed by atoms with van der Waals surface area (Å²) >= 11 is 0. The predicted molar refractivity (Wildman–Crippen MR) is 103 cm³/mol. The van der Waals surface area contributed by atoms with E-state index >= 15 is 0 Å². The molecule has 2 heterocycles. The van der Waals surface area contributed by atoms with E-state index in [0.29, 0.717) is 38.5 Å². The van der Waals surface area contributed by atoms with Gasteiger partial charge in [-0.1, -0.05) is 18.2 Å². The third-order valence-corrected chi connectivity index (χ3v) is 6.97. The van der Waals surface area contributed by atoms with E-state index in [2.05, 4.69) is 5.32 Å². The van der Waals surface area contributed by atoms with Gasteiger partial charge in [-0.05, 0) is 19.9 Å². The van der Waals surface area contributed by atoms with E-state index < -0.39 is 10.2 Å². The molecule has 2 fully saturated rings. The second kappa shape index (κ2) is 8.86. The lowest BCUT2D eigenvalue weighted by atomic mass is 10.0. The molecular weight excluding hydrogens is 378 g/mol. The normalized spacial score (nSPS) is 28.3. The first-order chi connectivity index (χ1) is 11.9. The molecule has 0 aliphatic carbocycles. The zero-order chi connectivity index (χ0) is 18.0. The lowest BCUT2D eigenvalue weighted by molar-refractivity contribution is -0.0198. The zero-order valence-electron chi connectivity index (χ0n) is 15.4. The van der Waals surface area contributed by atoms with Gasteiger partial charge in [-0.2, -0.15) is 17.0 Å². The van der Waals surface area contributed by atoms with E-state index in [1.807, 2.05) is 38.1 Å². The first kappa shape index (κ1) is 21.4. The molecule has 0 amide bonds. The van der Waals surface area contributed by atoms with Crippen molar-refractivity contribution in [2.24, 2.45) is 0 Å². The Labute approximate surface area is 162 Å². The highest BCUT2D eigenvalue weighted by Crippen LogP contribution is 2.33. The molecule has 2 saturated heterocycles. The van der Waals surface area contributed by atoms with Crippen molar-refractivity contribution in [3.05, 3.63) is 29.8 Å². The van der Waals surface area contributed by atoms with Gasteiger partial charge in [-0.15, -0.1) is 12.4 Å². The van der Waals surface area contributed by atoms with Crippen LogP contribution in [0.2, 0.25) is 0 Å². The highest BCUT2D eigenvalue weighted by Gasteiger charge is 2.42. The molecular formula is C17H28ClN3O4S. The molecule has 3 rings (SSSR count). The third-order valence-electron chi connectivity index (χ3n) is 4.84. The molecule has 1 N–H and O–H groups in total. The van der Waals surface area contributed by atoms with Crippen LogP contribution in [0.25, 0.3) is 0 Å². The van der Waals surface area contributed by atoms with Crippen molar-refractivity contribution >= 4 is 22.6 Å². The van der Waals surface area contributed by atoms with E-state index in [1.165, 1.54) is 0 Å². The molecule has 0 spiro atoms. The van der Waals surface area contributed by atoms with Gasteiger partial charge < -0.3 is 14.8 Å². The molecule has 0 bridgehead atoms. The molecule has 0 aromatic heterocycles. The van der Waals surface area contributed by atoms with E-state index in [9.17, 15) is 8.42 Å². The van der Waals surface area contributed by atoms with Crippen LogP contribution in [0, 0.1) is 0 Å². The first-order valence-corrected chi connectivity index (χ1v) is 10.1. The molecule has 148 valence electrons. The van der Waals surface area contributed by atoms with Crippen molar-refractivity contribution in [2.45, 2.75) is 32.0 Å². The minimum absolute atomic E-state index is 0. The standard InChI is InChI=1S/C17H27N3O4S.ClH/c1-13-12-24-14(2)11-20(13)25(21,22)19-9-8-18-10-16(19)15-6-4-5-7-17(15)23-3;/h4-7,13-14,16,18H,8-12H2,1-3H3;1H. The van der Waals surface area contributed by atoms with Crippen LogP contribution in [0.5, 0.6) is 5.75 Å². The highest BCUT2D eigenvalue weighted by molar-refractivity contribution is 7.86. The van der Waals surface area contributed by atoms with Crippen LogP contribution in [0.15, 0.2) is 24.3 Å². The topological polar surface area (TPSA) is 71.1 Å². The monoisotopic (exact) mass is 405 g/mol. The van der Waals surface area contributed by atoms with Gasteiger partial charge in [-0.3, -0.25) is 0 Å². The second-order valence-corrected chi connectivity index (χ2v) is 8.48. The van der Waals surface area contributed by atoms with Gasteiger partial charge >= 0.3 is 0 Å². The van der Waals surface area contributed by atoms with Crippen LogP contribution < -0.4 is 10.1 Å². The van der Waals surface area contributed by atoms with Gasteiger partial charge in [0.05, 0.1) is 25.9 Å². The van der Waals surface area contributed by atoms with E-state index in [-0.39, 0.29) is 30.6 Å². The van der Waals surface area contributed by atoms with E-state index in [1.54, 1.807) is 15.7 Å². The van der Waals surface area contributed by atoms with E-state index in [0.717, 1.165) is 5.56 Å². The minimum atomic E-state index is -3.60. The number of piperazine rings is 1. The van der Waals surface area contributed by atoms with Crippen molar-refractivity contribution in [3.63, 3.8) is 0 Å². The maximum Gasteiger partial charge on any atom is 0.283 e. The van der Waals surface area contributed by atoms with Gasteiger partial charge in [-0.25, -0.2) is 0 Å². The molecule has 2 aliphatic heterocycles. The number of benzene rings is 1. The number of hydrogen-bond acceptors (Lipinski definition) is 5. The number of para-hydroxylation sites is 1. The maximum absolute atomic E-state index is 13.4. The Morgan fingerprint density at radius 3 is 2.69 bits per heavy atom. The summed E-state index contributed by atoms with van der Waals surface area (Å²) in [7, 11) is -1.99. The molecule has 3 unspecified atom stereocenters. The number of nitrogens with one attached hydrogen (secondary N) is 1. The van der Waals surface area contributed by atoms with Gasteiger partial charge in [0, 0.05) is 37.8 Å². The summed E-state index contributed by atoms with van der Waals surface area (Å²) in [5, 5.41) is 3.30. The van der Waals surface area contributed by atoms with Crippen molar-refractivity contribution < 1.29 is 17.9 Å². The number of halogens is 1. The van der Waals surface area contributed by atoms with Crippen LogP contribution in [0.1, 0.15) is 25.5 Å². The molecule has 0 saturated carbocycles. The fraction of sp³-hybridized carbons (Fsp3) is 0.647. The quantitative estimate of drug-likeness (QED) is 0.820. The average Bonchev–Trinajstić information content (AvgIpc) is 2.63. The smallest absolute Gasteiger partial charge is 0.283 e. The molecule has 1 aromatic carbocycles. The number of hydrogen-bond donors (Lipinski definition) is 1. The number of nitrogens with zero attached hydrogens (tertiary/aromatic N) is 2. The molecule has 7 nitrogen and oxygen atoms in total. The van der Waals surface area contributed by atoms with E-state index in [4.69, 9.17) is 9.47 Å². The van der Waals surface area contributed by atoms with Crippen LogP contribution in [0.3, 0.4) is 0 Å². The van der Waals surface area contributed by atoms with Gasteiger partial charge in [0.15, 0.2) is 0 Å². The Hall–Kier alpha value is -0.900. The Morgan fingerprint density at radius 2 is 1.96 bits per heavy atom. The van der Waals surface area contributed by atoms with Gasteiger partial charge in [0.1, 0.15) is 5.75 Å². The van der Waals surface area contributed by atoms with Crippen molar-refractivity contribution in [2.75, 3.05) is 39.9 Å². The number of morpholine rings is 1. The van der Waals surface area contributed by atoms with Crippen molar-refractivity contribution in [3.8, 4) is 5.75 Å². The predicted octanol–water partition coefficient (Wildman–Crippen LogP) is 1.42. The Morgan fingerprint density at radius 1 is 1.23 bits per heavy atom. The molecule has 1 aromatic rings. The van der Waals surface area contributed by atoms with Crippen LogP contribution in [0.4, 0.5) is 0 Å². The van der Waals surface area contributed by atoms with Crippen molar-refractivity contribution in [1.29, 1.82) is 0 Å². The summed E-state index contributed by atoms with van der Waals surface area (Å²) in [6.07, 6.45) is -0.0985. The van der Waals surface area contributed by atoms with Crippen LogP contribution >= 0.6 is 12.4 Å². The minimum Gasteiger partial charge on any atom is -0.496 e. The SMILES string of the molecule is COc1ccccc1C1CNCCN1S(=O)(=O)N1CC(C)OCC1C.Cl. The first-order valence-electron chi connectivity index (χ1n) is 8.69. The summed E-state index contributed by atoms with van der Waals surface area (Å²) < 4.78 is 41.1. The maximum atomic E-state index is 13.4. The number of rotatable bonds is 4. The van der Waals surface area contributed by atoms with Gasteiger partial charge in [0.2, 0.25) is 0 Å². The summed E-state index contributed by atoms with van der Waals surface area (Å²) in [4.78, 5) is 0. The largest absolute Gasteiger partial charge is 0.496 e. The van der Waals surface area contributed by atoms with Crippen LogP contribution in [-0.2, 0) is 14.9 Å². The van der Waals surface area contributed by atoms with Crippen molar-refractivity contribution in [1.82, 2.24) is 13.9 Å². The van der Waals surface area contributed by atoms with Gasteiger partial charge in [0.25, 0.3) is 10.2 Å². The molecule has 26 heavy (non-hydrogen) atoms. The molecule has 3 atom stereocenters. The fourth-order valence-corrected chi connectivity index (χ4v) is 5.51. The summed E-state index contributed by atoms with van der Waals surface area (Å²) in [5.41, 5.74) is 0.884. The third kappa shape index (κ3) is 4.16. The number of ether oxygens (including phenoxy) is 2. The Kier molecular flexibility index (Phi) is 7.29. The zero-order valence-corrected chi connectivity index (χ0v) is 17.1. The average molecular weight is 406 g/mol. The number of methoxy groups -OCH3 is 1. The fourth-order valence-electron chi connectivity index (χ4n) is 3.50. The molecule has 0 radical (unpaired) electrons. The lowest BCUT2D eigenvalue weighted by Crippen LogP contribution is -2.58. The highest BCUT2D eigenvalue weighted by atomic mass is 35.5. The summed E-state index contributed by atoms with van der Waals surface area (Å²) in [5.74, 6) is 0.708. The van der Waals surface area contributed by atoms with Crippen LogP contribution in [-0.4, -0.2) is 69.1 Å². The molecule has 9 heteroatoms. The second-order valence-electron chi connectivity index (χ2n) is 6.64. The Bertz CT molecular complexity index is 703. The molecule has 2 aliphatic rings. The lowest BCUT2D eigenvalue weighted by Gasteiger charge is -2.43. The Balaban J connectivity index is 0.00000243.